The molecule has 2 aliphatic rings. The number of rotatable bonds is 3. The maximum absolute atomic E-state index is 6.00. The SMILES string of the molecule is NCC1(n2cncc2C2CC2)CCCC1. The third kappa shape index (κ3) is 1.41. The van der Waals surface area contributed by atoms with E-state index in [1.54, 1.807) is 0 Å². The Kier molecular flexibility index (Phi) is 2.09. The smallest absolute Gasteiger partial charge is 0.0953 e. The second-order valence-corrected chi connectivity index (χ2v) is 5.10. The van der Waals surface area contributed by atoms with E-state index in [0.717, 1.165) is 12.5 Å². The van der Waals surface area contributed by atoms with Gasteiger partial charge in [-0.25, -0.2) is 4.98 Å². The van der Waals surface area contributed by atoms with Crippen molar-refractivity contribution in [3.63, 3.8) is 0 Å². The van der Waals surface area contributed by atoms with Gasteiger partial charge in [-0.15, -0.1) is 0 Å². The lowest BCUT2D eigenvalue weighted by Gasteiger charge is -2.31. The van der Waals surface area contributed by atoms with Crippen LogP contribution in [0.4, 0.5) is 0 Å². The summed E-state index contributed by atoms with van der Waals surface area (Å²) < 4.78 is 2.40. The Morgan fingerprint density at radius 2 is 2.13 bits per heavy atom. The van der Waals surface area contributed by atoms with Crippen molar-refractivity contribution in [1.82, 2.24) is 9.55 Å². The molecule has 1 heterocycles. The number of hydrogen-bond donors (Lipinski definition) is 1. The van der Waals surface area contributed by atoms with Gasteiger partial charge < -0.3 is 10.3 Å². The Labute approximate surface area is 90.7 Å². The van der Waals surface area contributed by atoms with Gasteiger partial charge in [0.25, 0.3) is 0 Å². The predicted molar refractivity (Wildman–Crippen MR) is 59.7 cm³/mol. The summed E-state index contributed by atoms with van der Waals surface area (Å²) in [5, 5.41) is 0. The topological polar surface area (TPSA) is 43.8 Å². The predicted octanol–water partition coefficient (Wildman–Crippen LogP) is 1.99. The fourth-order valence-electron chi connectivity index (χ4n) is 2.96. The molecular weight excluding hydrogens is 186 g/mol. The lowest BCUT2D eigenvalue weighted by Crippen LogP contribution is -2.39. The van der Waals surface area contributed by atoms with Crippen LogP contribution in [0.2, 0.25) is 0 Å². The second kappa shape index (κ2) is 3.34. The maximum atomic E-state index is 6.00. The lowest BCUT2D eigenvalue weighted by molar-refractivity contribution is 0.295. The second-order valence-electron chi connectivity index (χ2n) is 5.10. The molecule has 0 aromatic carbocycles. The van der Waals surface area contributed by atoms with E-state index in [9.17, 15) is 0 Å². The van der Waals surface area contributed by atoms with Crippen molar-refractivity contribution in [2.75, 3.05) is 6.54 Å². The van der Waals surface area contributed by atoms with Crippen molar-refractivity contribution >= 4 is 0 Å². The van der Waals surface area contributed by atoms with Crippen molar-refractivity contribution in [2.45, 2.75) is 50.0 Å². The van der Waals surface area contributed by atoms with Crippen LogP contribution in [0.25, 0.3) is 0 Å². The number of imidazole rings is 1. The minimum atomic E-state index is 0.203. The van der Waals surface area contributed by atoms with Crippen LogP contribution in [0.1, 0.15) is 50.1 Å². The van der Waals surface area contributed by atoms with Crippen LogP contribution in [0.15, 0.2) is 12.5 Å². The molecule has 0 atom stereocenters. The third-order valence-corrected chi connectivity index (χ3v) is 4.09. The van der Waals surface area contributed by atoms with Gasteiger partial charge in [0.15, 0.2) is 0 Å². The molecule has 3 heteroatoms. The van der Waals surface area contributed by atoms with Crippen molar-refractivity contribution in [1.29, 1.82) is 0 Å². The Morgan fingerprint density at radius 1 is 1.40 bits per heavy atom. The molecule has 82 valence electrons. The van der Waals surface area contributed by atoms with Crippen LogP contribution >= 0.6 is 0 Å². The summed E-state index contributed by atoms with van der Waals surface area (Å²) in [6.07, 6.45) is 11.8. The maximum Gasteiger partial charge on any atom is 0.0953 e. The van der Waals surface area contributed by atoms with Gasteiger partial charge in [-0.1, -0.05) is 12.8 Å². The Hall–Kier alpha value is -0.830. The van der Waals surface area contributed by atoms with Crippen LogP contribution in [0.3, 0.4) is 0 Å². The highest BCUT2D eigenvalue weighted by Gasteiger charge is 2.38. The number of nitrogens with two attached hydrogens (primary N) is 1. The molecule has 0 unspecified atom stereocenters. The van der Waals surface area contributed by atoms with Crippen molar-refractivity contribution in [3.05, 3.63) is 18.2 Å². The Morgan fingerprint density at radius 3 is 2.73 bits per heavy atom. The molecular formula is C12H19N3. The first-order valence-electron chi connectivity index (χ1n) is 6.08. The molecule has 2 N–H and O–H groups in total. The monoisotopic (exact) mass is 205 g/mol. The van der Waals surface area contributed by atoms with E-state index in [1.165, 1.54) is 44.2 Å². The summed E-state index contributed by atoms with van der Waals surface area (Å²) in [5.41, 5.74) is 7.64. The highest BCUT2D eigenvalue weighted by Crippen LogP contribution is 2.44. The van der Waals surface area contributed by atoms with E-state index in [-0.39, 0.29) is 5.54 Å². The van der Waals surface area contributed by atoms with E-state index in [0.29, 0.717) is 0 Å². The summed E-state index contributed by atoms with van der Waals surface area (Å²) in [6, 6.07) is 0. The third-order valence-electron chi connectivity index (χ3n) is 4.09. The van der Waals surface area contributed by atoms with Crippen LogP contribution in [-0.2, 0) is 5.54 Å². The van der Waals surface area contributed by atoms with E-state index >= 15 is 0 Å². The largest absolute Gasteiger partial charge is 0.328 e. The van der Waals surface area contributed by atoms with Crippen molar-refractivity contribution < 1.29 is 0 Å². The molecule has 0 spiro atoms. The first kappa shape index (κ1) is 9.40. The number of hydrogen-bond acceptors (Lipinski definition) is 2. The van der Waals surface area contributed by atoms with Crippen LogP contribution < -0.4 is 5.73 Å². The van der Waals surface area contributed by atoms with E-state index in [4.69, 9.17) is 5.73 Å². The van der Waals surface area contributed by atoms with E-state index in [1.807, 2.05) is 12.5 Å². The summed E-state index contributed by atoms with van der Waals surface area (Å²) >= 11 is 0. The van der Waals surface area contributed by atoms with Gasteiger partial charge in [-0.3, -0.25) is 0 Å². The van der Waals surface area contributed by atoms with Crippen LogP contribution in [0.5, 0.6) is 0 Å². The lowest BCUT2D eigenvalue weighted by atomic mass is 9.97. The number of aromatic nitrogens is 2. The summed E-state index contributed by atoms with van der Waals surface area (Å²) in [6.45, 7) is 0.767. The van der Waals surface area contributed by atoms with Gasteiger partial charge in [0.1, 0.15) is 0 Å². The first-order valence-corrected chi connectivity index (χ1v) is 6.08. The van der Waals surface area contributed by atoms with Gasteiger partial charge in [-0.2, -0.15) is 0 Å². The molecule has 1 aromatic rings. The van der Waals surface area contributed by atoms with Crippen molar-refractivity contribution in [3.8, 4) is 0 Å². The van der Waals surface area contributed by atoms with E-state index in [2.05, 4.69) is 9.55 Å². The zero-order chi connectivity index (χ0) is 10.3. The number of nitrogens with zero attached hydrogens (tertiary/aromatic N) is 2. The van der Waals surface area contributed by atoms with Crippen LogP contribution in [0, 0.1) is 0 Å². The van der Waals surface area contributed by atoms with E-state index < -0.39 is 0 Å². The summed E-state index contributed by atoms with van der Waals surface area (Å²) in [5.74, 6) is 0.775. The molecule has 0 bridgehead atoms. The molecule has 15 heavy (non-hydrogen) atoms. The summed E-state index contributed by atoms with van der Waals surface area (Å²) in [7, 11) is 0. The summed E-state index contributed by atoms with van der Waals surface area (Å²) in [4.78, 5) is 4.33. The molecule has 3 nitrogen and oxygen atoms in total. The normalized spacial score (nSPS) is 24.6. The van der Waals surface area contributed by atoms with Gasteiger partial charge in [0.2, 0.25) is 0 Å². The molecule has 0 saturated heterocycles. The van der Waals surface area contributed by atoms with Crippen molar-refractivity contribution in [2.24, 2.45) is 5.73 Å². The zero-order valence-electron chi connectivity index (χ0n) is 9.15. The first-order chi connectivity index (χ1) is 7.36. The Balaban J connectivity index is 1.98. The average molecular weight is 205 g/mol. The minimum absolute atomic E-state index is 0.203. The highest BCUT2D eigenvalue weighted by atomic mass is 15.1. The molecule has 0 aliphatic heterocycles. The molecule has 2 aliphatic carbocycles. The minimum Gasteiger partial charge on any atom is -0.328 e. The quantitative estimate of drug-likeness (QED) is 0.820. The van der Waals surface area contributed by atoms with Crippen LogP contribution in [-0.4, -0.2) is 16.1 Å². The molecule has 2 fully saturated rings. The highest BCUT2D eigenvalue weighted by molar-refractivity contribution is 5.16. The standard InChI is InChI=1S/C12H19N3/c13-8-12(5-1-2-6-12)15-9-14-7-11(15)10-3-4-10/h7,9-10H,1-6,8,13H2. The Bertz CT molecular complexity index is 346. The zero-order valence-corrected chi connectivity index (χ0v) is 9.15. The van der Waals surface area contributed by atoms with Gasteiger partial charge in [0.05, 0.1) is 11.9 Å². The molecule has 3 rings (SSSR count). The molecule has 2 saturated carbocycles. The fourth-order valence-corrected chi connectivity index (χ4v) is 2.96. The molecule has 1 aromatic heterocycles. The van der Waals surface area contributed by atoms with Gasteiger partial charge in [-0.05, 0) is 25.7 Å². The van der Waals surface area contributed by atoms with Gasteiger partial charge >= 0.3 is 0 Å². The molecule has 0 radical (unpaired) electrons. The fraction of sp³-hybridized carbons (Fsp3) is 0.750. The molecule has 0 amide bonds. The van der Waals surface area contributed by atoms with Gasteiger partial charge in [0, 0.05) is 24.4 Å². The average Bonchev–Trinajstić information content (AvgIpc) is 2.84.